The summed E-state index contributed by atoms with van der Waals surface area (Å²) in [6.07, 6.45) is 0. The Labute approximate surface area is 110 Å². The molecule has 0 amide bonds. The van der Waals surface area contributed by atoms with Crippen molar-refractivity contribution in [3.63, 3.8) is 0 Å². The molecule has 1 aromatic carbocycles. The molecule has 1 aromatic rings. The number of rotatable bonds is 3. The lowest BCUT2D eigenvalue weighted by Gasteiger charge is -2.14. The van der Waals surface area contributed by atoms with E-state index in [2.05, 4.69) is 21.8 Å². The molecule has 18 heavy (non-hydrogen) atoms. The highest BCUT2D eigenvalue weighted by molar-refractivity contribution is 5.46. The fourth-order valence-corrected chi connectivity index (χ4v) is 1.11. The molecule has 0 aliphatic carbocycles. The monoisotopic (exact) mass is 252 g/mol. The minimum absolute atomic E-state index is 0.318. The number of hydrogen-bond donors (Lipinski definition) is 1. The molecule has 0 saturated heterocycles. The summed E-state index contributed by atoms with van der Waals surface area (Å²) in [5.74, 6) is 0. The van der Waals surface area contributed by atoms with Crippen LogP contribution in [0.2, 0.25) is 0 Å². The topological polar surface area (TPSA) is 55.6 Å². The van der Waals surface area contributed by atoms with Crippen molar-refractivity contribution < 1.29 is 9.53 Å². The van der Waals surface area contributed by atoms with E-state index in [4.69, 9.17) is 5.73 Å². The van der Waals surface area contributed by atoms with Crippen molar-refractivity contribution in [1.82, 2.24) is 0 Å². The van der Waals surface area contributed by atoms with E-state index in [0.717, 1.165) is 0 Å². The van der Waals surface area contributed by atoms with Gasteiger partial charge in [-0.25, -0.2) is 0 Å². The highest BCUT2D eigenvalue weighted by Gasteiger charge is 2.07. The molecule has 0 atom stereocenters. The lowest BCUT2D eigenvalue weighted by molar-refractivity contribution is -0.138. The molecule has 0 fully saturated rings. The van der Waals surface area contributed by atoms with Crippen molar-refractivity contribution in [3.8, 4) is 0 Å². The number of nitrogens with zero attached hydrogens (tertiary/aromatic N) is 1. The fourth-order valence-electron chi connectivity index (χ4n) is 1.11. The van der Waals surface area contributed by atoms with Crippen molar-refractivity contribution in [2.45, 2.75) is 32.9 Å². The Hall–Kier alpha value is -1.55. The van der Waals surface area contributed by atoms with Crippen LogP contribution >= 0.6 is 0 Å². The third kappa shape index (κ3) is 7.68. The summed E-state index contributed by atoms with van der Waals surface area (Å²) < 4.78 is 4.55. The standard InChI is InChI=1S/C9H14N2.C5H10O2/c1-11(2)9-5-3-4-8(6-9)7-10;1-5(2,3)7-4-6/h3-6H,7,10H2,1-2H3;4H,1-3H3. The maximum absolute atomic E-state index is 9.60. The molecular formula is C14H24N2O2. The summed E-state index contributed by atoms with van der Waals surface area (Å²) in [5, 5.41) is 0. The Balaban J connectivity index is 0.000000360. The number of nitrogens with two attached hydrogens (primary N) is 1. The number of benzene rings is 1. The van der Waals surface area contributed by atoms with Crippen molar-refractivity contribution in [2.24, 2.45) is 5.73 Å². The van der Waals surface area contributed by atoms with Crippen molar-refractivity contribution in [2.75, 3.05) is 19.0 Å². The van der Waals surface area contributed by atoms with Gasteiger partial charge in [-0.1, -0.05) is 12.1 Å². The van der Waals surface area contributed by atoms with E-state index < -0.39 is 0 Å². The smallest absolute Gasteiger partial charge is 0.293 e. The first-order chi connectivity index (χ1) is 8.30. The predicted octanol–water partition coefficient (Wildman–Crippen LogP) is 2.17. The van der Waals surface area contributed by atoms with Crippen molar-refractivity contribution in [1.29, 1.82) is 0 Å². The van der Waals surface area contributed by atoms with Crippen LogP contribution in [0.5, 0.6) is 0 Å². The molecule has 0 unspecified atom stereocenters. The molecule has 102 valence electrons. The van der Waals surface area contributed by atoms with Gasteiger partial charge >= 0.3 is 0 Å². The Kier molecular flexibility index (Phi) is 7.05. The normalized spacial score (nSPS) is 10.1. The summed E-state index contributed by atoms with van der Waals surface area (Å²) in [6.45, 7) is 6.53. The summed E-state index contributed by atoms with van der Waals surface area (Å²) in [7, 11) is 4.05. The number of ether oxygens (including phenoxy) is 1. The van der Waals surface area contributed by atoms with Gasteiger partial charge in [-0.2, -0.15) is 0 Å². The SMILES string of the molecule is CC(C)(C)OC=O.CN(C)c1cccc(CN)c1. The second-order valence-corrected chi connectivity index (χ2v) is 5.09. The third-order valence-electron chi connectivity index (χ3n) is 2.06. The summed E-state index contributed by atoms with van der Waals surface area (Å²) in [5.41, 5.74) is 7.56. The van der Waals surface area contributed by atoms with Gasteiger partial charge in [0.05, 0.1) is 0 Å². The van der Waals surface area contributed by atoms with Crippen LogP contribution in [-0.2, 0) is 16.1 Å². The Morgan fingerprint density at radius 2 is 1.94 bits per heavy atom. The van der Waals surface area contributed by atoms with Crippen LogP contribution in [0.1, 0.15) is 26.3 Å². The number of hydrogen-bond acceptors (Lipinski definition) is 4. The molecule has 0 spiro atoms. The second-order valence-electron chi connectivity index (χ2n) is 5.09. The minimum atomic E-state index is -0.318. The van der Waals surface area contributed by atoms with Gasteiger partial charge in [0, 0.05) is 26.3 Å². The van der Waals surface area contributed by atoms with E-state index in [0.29, 0.717) is 13.0 Å². The quantitative estimate of drug-likeness (QED) is 0.838. The summed E-state index contributed by atoms with van der Waals surface area (Å²) >= 11 is 0. The van der Waals surface area contributed by atoms with E-state index in [1.807, 2.05) is 47.0 Å². The average molecular weight is 252 g/mol. The first-order valence-corrected chi connectivity index (χ1v) is 5.88. The molecule has 0 radical (unpaired) electrons. The molecule has 2 N–H and O–H groups in total. The van der Waals surface area contributed by atoms with Gasteiger partial charge in [0.15, 0.2) is 0 Å². The maximum atomic E-state index is 9.60. The van der Waals surface area contributed by atoms with E-state index >= 15 is 0 Å². The highest BCUT2D eigenvalue weighted by Crippen LogP contribution is 2.12. The van der Waals surface area contributed by atoms with Gasteiger partial charge in [0.25, 0.3) is 6.47 Å². The summed E-state index contributed by atoms with van der Waals surface area (Å²) in [6, 6.07) is 8.23. The fraction of sp³-hybridized carbons (Fsp3) is 0.500. The van der Waals surface area contributed by atoms with Crippen LogP contribution in [-0.4, -0.2) is 26.2 Å². The van der Waals surface area contributed by atoms with Gasteiger partial charge in [0.1, 0.15) is 5.60 Å². The molecule has 0 aliphatic rings. The van der Waals surface area contributed by atoms with Crippen LogP contribution in [0.3, 0.4) is 0 Å². The van der Waals surface area contributed by atoms with Crippen LogP contribution in [0.25, 0.3) is 0 Å². The highest BCUT2D eigenvalue weighted by atomic mass is 16.5. The van der Waals surface area contributed by atoms with Gasteiger partial charge in [-0.05, 0) is 38.5 Å². The predicted molar refractivity (Wildman–Crippen MR) is 75.6 cm³/mol. The lowest BCUT2D eigenvalue weighted by Crippen LogP contribution is -2.17. The molecule has 4 nitrogen and oxygen atoms in total. The largest absolute Gasteiger partial charge is 0.462 e. The van der Waals surface area contributed by atoms with E-state index in [9.17, 15) is 4.79 Å². The van der Waals surface area contributed by atoms with Gasteiger partial charge in [-0.15, -0.1) is 0 Å². The molecule has 0 aromatic heterocycles. The molecule has 0 heterocycles. The Morgan fingerprint density at radius 1 is 1.33 bits per heavy atom. The summed E-state index contributed by atoms with van der Waals surface area (Å²) in [4.78, 5) is 11.7. The molecule has 0 bridgehead atoms. The minimum Gasteiger partial charge on any atom is -0.462 e. The average Bonchev–Trinajstić information content (AvgIpc) is 2.28. The molecule has 0 aliphatic heterocycles. The Bertz CT molecular complexity index is 357. The maximum Gasteiger partial charge on any atom is 0.293 e. The molecular weight excluding hydrogens is 228 g/mol. The Morgan fingerprint density at radius 3 is 2.28 bits per heavy atom. The van der Waals surface area contributed by atoms with E-state index in [1.54, 1.807) is 0 Å². The van der Waals surface area contributed by atoms with Crippen molar-refractivity contribution >= 4 is 12.2 Å². The number of anilines is 1. The number of carbonyl (C=O) groups is 1. The molecule has 1 rings (SSSR count). The van der Waals surface area contributed by atoms with Crippen molar-refractivity contribution in [3.05, 3.63) is 29.8 Å². The van der Waals surface area contributed by atoms with Crippen LogP contribution in [0, 0.1) is 0 Å². The second kappa shape index (κ2) is 7.71. The number of carbonyl (C=O) groups excluding carboxylic acids is 1. The van der Waals surface area contributed by atoms with Gasteiger partial charge in [-0.3, -0.25) is 4.79 Å². The zero-order valence-electron chi connectivity index (χ0n) is 11.9. The zero-order valence-corrected chi connectivity index (χ0v) is 11.9. The van der Waals surface area contributed by atoms with E-state index in [1.165, 1.54) is 11.3 Å². The first kappa shape index (κ1) is 16.4. The lowest BCUT2D eigenvalue weighted by atomic mass is 10.2. The van der Waals surface area contributed by atoms with Crippen LogP contribution in [0.4, 0.5) is 5.69 Å². The van der Waals surface area contributed by atoms with Crippen LogP contribution in [0.15, 0.2) is 24.3 Å². The third-order valence-corrected chi connectivity index (χ3v) is 2.06. The molecule has 4 heteroatoms. The molecule has 0 saturated carbocycles. The van der Waals surface area contributed by atoms with E-state index in [-0.39, 0.29) is 5.60 Å². The zero-order chi connectivity index (χ0) is 14.2. The first-order valence-electron chi connectivity index (χ1n) is 5.88. The van der Waals surface area contributed by atoms with Gasteiger partial charge in [0.2, 0.25) is 0 Å². The van der Waals surface area contributed by atoms with Crippen LogP contribution < -0.4 is 10.6 Å². The van der Waals surface area contributed by atoms with Gasteiger partial charge < -0.3 is 15.4 Å².